The van der Waals surface area contributed by atoms with E-state index >= 15 is 0 Å². The number of benzene rings is 1. The third-order valence-electron chi connectivity index (χ3n) is 3.13. The van der Waals surface area contributed by atoms with Gasteiger partial charge in [-0.3, -0.25) is 9.59 Å². The molecule has 0 bridgehead atoms. The maximum absolute atomic E-state index is 11.7. The van der Waals surface area contributed by atoms with E-state index in [9.17, 15) is 9.59 Å². The minimum Gasteiger partial charge on any atom is -0.355 e. The molecule has 0 aliphatic carbocycles. The lowest BCUT2D eigenvalue weighted by molar-refractivity contribution is -0.126. The summed E-state index contributed by atoms with van der Waals surface area (Å²) < 4.78 is 0. The summed E-state index contributed by atoms with van der Waals surface area (Å²) in [4.78, 5) is 23.2. The van der Waals surface area contributed by atoms with Crippen LogP contribution in [0.3, 0.4) is 0 Å². The van der Waals surface area contributed by atoms with Crippen LogP contribution < -0.4 is 10.6 Å². The highest BCUT2D eigenvalue weighted by molar-refractivity contribution is 5.95. The second kappa shape index (κ2) is 8.25. The van der Waals surface area contributed by atoms with Gasteiger partial charge in [0.1, 0.15) is 6.04 Å². The van der Waals surface area contributed by atoms with Crippen LogP contribution in [0, 0.1) is 0 Å². The summed E-state index contributed by atoms with van der Waals surface area (Å²) in [6.45, 7) is 8.33. The van der Waals surface area contributed by atoms with Crippen molar-refractivity contribution in [2.75, 3.05) is 6.54 Å². The third-order valence-corrected chi connectivity index (χ3v) is 3.13. The average Bonchev–Trinajstić information content (AvgIpc) is 2.45. The van der Waals surface area contributed by atoms with Gasteiger partial charge < -0.3 is 10.6 Å². The van der Waals surface area contributed by atoms with Gasteiger partial charge in [-0.05, 0) is 37.0 Å². The van der Waals surface area contributed by atoms with Gasteiger partial charge in [0, 0.05) is 12.6 Å². The van der Waals surface area contributed by atoms with Crippen LogP contribution in [0.25, 0.3) is 6.08 Å². The molecule has 114 valence electrons. The van der Waals surface area contributed by atoms with Crippen molar-refractivity contribution < 1.29 is 9.59 Å². The van der Waals surface area contributed by atoms with Crippen LogP contribution in [0.4, 0.5) is 0 Å². The molecule has 1 aromatic carbocycles. The van der Waals surface area contributed by atoms with Gasteiger partial charge in [-0.1, -0.05) is 38.1 Å². The van der Waals surface area contributed by atoms with Crippen LogP contribution in [0.15, 0.2) is 30.3 Å². The zero-order valence-corrected chi connectivity index (χ0v) is 13.1. The maximum Gasteiger partial charge on any atom is 0.244 e. The second-order valence-electron chi connectivity index (χ2n) is 5.28. The van der Waals surface area contributed by atoms with Gasteiger partial charge in [0.25, 0.3) is 0 Å². The highest BCUT2D eigenvalue weighted by Crippen LogP contribution is 2.15. The lowest BCUT2D eigenvalue weighted by Gasteiger charge is -2.11. The lowest BCUT2D eigenvalue weighted by Crippen LogP contribution is -2.44. The van der Waals surface area contributed by atoms with Gasteiger partial charge in [-0.2, -0.15) is 0 Å². The van der Waals surface area contributed by atoms with E-state index in [1.165, 1.54) is 11.6 Å². The van der Waals surface area contributed by atoms with Crippen LogP contribution in [0.1, 0.15) is 44.7 Å². The Hall–Kier alpha value is -2.10. The van der Waals surface area contributed by atoms with Gasteiger partial charge in [0.05, 0.1) is 0 Å². The molecule has 2 N–H and O–H groups in total. The largest absolute Gasteiger partial charge is 0.355 e. The quantitative estimate of drug-likeness (QED) is 0.790. The summed E-state index contributed by atoms with van der Waals surface area (Å²) in [5.74, 6) is 0.0338. The SMILES string of the molecule is CCNC(=O)[C@H](C)NC(=O)/C=C/c1ccc(C(C)C)cc1. The molecule has 0 unspecified atom stereocenters. The normalized spacial score (nSPS) is 12.4. The predicted octanol–water partition coefficient (Wildman–Crippen LogP) is 2.46. The molecule has 1 atom stereocenters. The van der Waals surface area contributed by atoms with Crippen LogP contribution in [-0.4, -0.2) is 24.4 Å². The number of rotatable bonds is 6. The molecule has 0 saturated heterocycles. The Morgan fingerprint density at radius 3 is 2.29 bits per heavy atom. The molecule has 21 heavy (non-hydrogen) atoms. The smallest absolute Gasteiger partial charge is 0.244 e. The molecule has 0 radical (unpaired) electrons. The van der Waals surface area contributed by atoms with Gasteiger partial charge in [0.15, 0.2) is 0 Å². The molecule has 0 heterocycles. The summed E-state index contributed by atoms with van der Waals surface area (Å²) in [5.41, 5.74) is 2.22. The summed E-state index contributed by atoms with van der Waals surface area (Å²) in [6, 6.07) is 7.53. The summed E-state index contributed by atoms with van der Waals surface area (Å²) in [5, 5.41) is 5.29. The Morgan fingerprint density at radius 2 is 1.76 bits per heavy atom. The second-order valence-corrected chi connectivity index (χ2v) is 5.28. The minimum absolute atomic E-state index is 0.180. The number of hydrogen-bond donors (Lipinski definition) is 2. The molecule has 0 aromatic heterocycles. The molecular formula is C17H24N2O2. The van der Waals surface area contributed by atoms with Crippen molar-refractivity contribution in [1.29, 1.82) is 0 Å². The van der Waals surface area contributed by atoms with Gasteiger partial charge in [-0.25, -0.2) is 0 Å². The molecule has 0 saturated carbocycles. The van der Waals surface area contributed by atoms with Gasteiger partial charge in [0.2, 0.25) is 11.8 Å². The Labute approximate surface area is 126 Å². The van der Waals surface area contributed by atoms with E-state index in [1.54, 1.807) is 13.0 Å². The molecule has 4 heteroatoms. The van der Waals surface area contributed by atoms with E-state index in [2.05, 4.69) is 36.6 Å². The van der Waals surface area contributed by atoms with Crippen molar-refractivity contribution in [1.82, 2.24) is 10.6 Å². The first-order chi connectivity index (χ1) is 9.93. The number of likely N-dealkylation sites (N-methyl/N-ethyl adjacent to an activating group) is 1. The van der Waals surface area contributed by atoms with E-state index in [-0.39, 0.29) is 11.8 Å². The van der Waals surface area contributed by atoms with Crippen molar-refractivity contribution in [3.8, 4) is 0 Å². The van der Waals surface area contributed by atoms with E-state index in [0.717, 1.165) is 5.56 Å². The number of carbonyl (C=O) groups is 2. The monoisotopic (exact) mass is 288 g/mol. The van der Waals surface area contributed by atoms with Crippen LogP contribution in [0.2, 0.25) is 0 Å². The lowest BCUT2D eigenvalue weighted by atomic mass is 10.0. The molecule has 1 rings (SSSR count). The molecule has 0 fully saturated rings. The fourth-order valence-corrected chi connectivity index (χ4v) is 1.82. The van der Waals surface area contributed by atoms with Crippen molar-refractivity contribution in [2.24, 2.45) is 0 Å². The van der Waals surface area contributed by atoms with Crippen LogP contribution in [0.5, 0.6) is 0 Å². The van der Waals surface area contributed by atoms with Crippen molar-refractivity contribution in [3.05, 3.63) is 41.5 Å². The van der Waals surface area contributed by atoms with Gasteiger partial charge in [-0.15, -0.1) is 0 Å². The highest BCUT2D eigenvalue weighted by Gasteiger charge is 2.12. The van der Waals surface area contributed by atoms with Crippen molar-refractivity contribution >= 4 is 17.9 Å². The standard InChI is InChI=1S/C17H24N2O2/c1-5-18-17(21)13(4)19-16(20)11-8-14-6-9-15(10-7-14)12(2)3/h6-13H,5H2,1-4H3,(H,18,21)(H,19,20)/b11-8+/t13-/m0/s1. The van der Waals surface area contributed by atoms with Gasteiger partial charge >= 0.3 is 0 Å². The highest BCUT2D eigenvalue weighted by atomic mass is 16.2. The zero-order chi connectivity index (χ0) is 15.8. The van der Waals surface area contributed by atoms with Crippen molar-refractivity contribution in [2.45, 2.75) is 39.7 Å². The zero-order valence-electron chi connectivity index (χ0n) is 13.1. The van der Waals surface area contributed by atoms with E-state index < -0.39 is 6.04 Å². The number of amides is 2. The van der Waals surface area contributed by atoms with Crippen LogP contribution >= 0.6 is 0 Å². The Morgan fingerprint density at radius 1 is 1.14 bits per heavy atom. The number of nitrogens with one attached hydrogen (secondary N) is 2. The Balaban J connectivity index is 2.55. The predicted molar refractivity (Wildman–Crippen MR) is 85.9 cm³/mol. The van der Waals surface area contributed by atoms with Crippen molar-refractivity contribution in [3.63, 3.8) is 0 Å². The molecule has 0 aliphatic heterocycles. The third kappa shape index (κ3) is 5.81. The molecule has 0 spiro atoms. The Kier molecular flexibility index (Phi) is 6.66. The maximum atomic E-state index is 11.7. The van der Waals surface area contributed by atoms with Crippen LogP contribution in [-0.2, 0) is 9.59 Å². The molecular weight excluding hydrogens is 264 g/mol. The summed E-state index contributed by atoms with van der Waals surface area (Å²) >= 11 is 0. The van der Waals surface area contributed by atoms with E-state index in [1.807, 2.05) is 19.1 Å². The first-order valence-electron chi connectivity index (χ1n) is 7.30. The minimum atomic E-state index is -0.537. The van der Waals surface area contributed by atoms with E-state index in [4.69, 9.17) is 0 Å². The summed E-state index contributed by atoms with van der Waals surface area (Å²) in [7, 11) is 0. The first kappa shape index (κ1) is 17.0. The van der Waals surface area contributed by atoms with E-state index in [0.29, 0.717) is 12.5 Å². The topological polar surface area (TPSA) is 58.2 Å². The molecule has 1 aromatic rings. The average molecular weight is 288 g/mol. The number of carbonyl (C=O) groups excluding carboxylic acids is 2. The fourth-order valence-electron chi connectivity index (χ4n) is 1.82. The molecule has 4 nitrogen and oxygen atoms in total. The summed E-state index contributed by atoms with van der Waals surface area (Å²) in [6.07, 6.45) is 3.18. The first-order valence-corrected chi connectivity index (χ1v) is 7.30. The molecule has 2 amide bonds. The fraction of sp³-hybridized carbons (Fsp3) is 0.412. The Bertz CT molecular complexity index is 504. The molecule has 0 aliphatic rings. The number of hydrogen-bond acceptors (Lipinski definition) is 2.